The molecule has 0 radical (unpaired) electrons. The number of benzene rings is 1. The summed E-state index contributed by atoms with van der Waals surface area (Å²) in [5.74, 6) is 1.49. The van der Waals surface area contributed by atoms with E-state index >= 15 is 0 Å². The van der Waals surface area contributed by atoms with Gasteiger partial charge in [0.15, 0.2) is 0 Å². The first-order valence-electron chi connectivity index (χ1n) is 6.79. The van der Waals surface area contributed by atoms with Crippen molar-refractivity contribution in [2.75, 3.05) is 5.32 Å². The molecule has 23 heavy (non-hydrogen) atoms. The molecule has 3 N–H and O–H groups in total. The number of hydrogen-bond donors (Lipinski definition) is 2. The Morgan fingerprint density at radius 3 is 2.52 bits per heavy atom. The van der Waals surface area contributed by atoms with Crippen LogP contribution in [0, 0.1) is 0 Å². The van der Waals surface area contributed by atoms with E-state index in [1.165, 1.54) is 0 Å². The molecule has 1 atom stereocenters. The number of carbonyl (C=O) groups is 1. The second-order valence-corrected chi connectivity index (χ2v) is 5.00. The van der Waals surface area contributed by atoms with Gasteiger partial charge in [0.05, 0.1) is 0 Å². The molecule has 1 aromatic carbocycles. The number of aromatic nitrogens is 2. The highest BCUT2D eigenvalue weighted by molar-refractivity contribution is 5.91. The van der Waals surface area contributed by atoms with Gasteiger partial charge in [0, 0.05) is 37.6 Å². The Bertz CT molecular complexity index is 600. The van der Waals surface area contributed by atoms with Crippen LogP contribution in [0.3, 0.4) is 0 Å². The highest BCUT2D eigenvalue weighted by Crippen LogP contribution is 2.17. The summed E-state index contributed by atoms with van der Waals surface area (Å²) in [6, 6.07) is 7.07. The average Bonchev–Trinajstić information content (AvgIpc) is 2.82. The molecule has 0 aliphatic carbocycles. The number of imidazole rings is 1. The number of ether oxygens (including phenoxy) is 1. The van der Waals surface area contributed by atoms with Crippen LogP contribution in [0.1, 0.15) is 19.2 Å². The number of nitrogens with one attached hydrogen (secondary N) is 1. The Balaban J connectivity index is 0.00000242. The summed E-state index contributed by atoms with van der Waals surface area (Å²) in [6.07, 6.45) is 3.91. The van der Waals surface area contributed by atoms with E-state index in [0.29, 0.717) is 13.0 Å². The molecule has 2 aromatic rings. The van der Waals surface area contributed by atoms with E-state index in [9.17, 15) is 4.79 Å². The molecule has 8 heteroatoms. The molecular weight excluding hydrogens is 339 g/mol. The Morgan fingerprint density at radius 2 is 2.00 bits per heavy atom. The van der Waals surface area contributed by atoms with Crippen molar-refractivity contribution >= 4 is 36.4 Å². The van der Waals surface area contributed by atoms with Crippen molar-refractivity contribution < 1.29 is 9.53 Å². The van der Waals surface area contributed by atoms with Crippen molar-refractivity contribution in [3.63, 3.8) is 0 Å². The Morgan fingerprint density at radius 1 is 1.35 bits per heavy atom. The van der Waals surface area contributed by atoms with Gasteiger partial charge < -0.3 is 20.4 Å². The lowest BCUT2D eigenvalue weighted by Gasteiger charge is -2.09. The Labute approximate surface area is 148 Å². The minimum Gasteiger partial charge on any atom is -0.486 e. The number of anilines is 1. The van der Waals surface area contributed by atoms with Gasteiger partial charge in [0.25, 0.3) is 0 Å². The van der Waals surface area contributed by atoms with Crippen LogP contribution in [0.25, 0.3) is 0 Å². The summed E-state index contributed by atoms with van der Waals surface area (Å²) in [5.41, 5.74) is 6.31. The molecule has 0 bridgehead atoms. The molecule has 0 aliphatic heterocycles. The molecule has 1 unspecified atom stereocenters. The molecule has 0 aliphatic rings. The molecule has 1 amide bonds. The van der Waals surface area contributed by atoms with Crippen molar-refractivity contribution in [1.82, 2.24) is 9.55 Å². The third kappa shape index (κ3) is 6.90. The lowest BCUT2D eigenvalue weighted by molar-refractivity contribution is -0.116. The van der Waals surface area contributed by atoms with Crippen molar-refractivity contribution in [2.24, 2.45) is 12.8 Å². The molecule has 0 saturated heterocycles. The summed E-state index contributed by atoms with van der Waals surface area (Å²) in [4.78, 5) is 15.8. The first kappa shape index (κ1) is 21.2. The van der Waals surface area contributed by atoms with Gasteiger partial charge in [-0.25, -0.2) is 4.98 Å². The predicted octanol–water partition coefficient (Wildman–Crippen LogP) is 2.52. The van der Waals surface area contributed by atoms with Crippen LogP contribution >= 0.6 is 24.8 Å². The van der Waals surface area contributed by atoms with Crippen molar-refractivity contribution in [2.45, 2.75) is 26.0 Å². The SMILES string of the molecule is CC(N)CC(=O)Nc1ccc(OCc2nccn2C)cc1.Cl.Cl. The molecule has 0 spiro atoms. The number of halogens is 2. The summed E-state index contributed by atoms with van der Waals surface area (Å²) >= 11 is 0. The molecule has 1 heterocycles. The third-order valence-electron chi connectivity index (χ3n) is 2.93. The average molecular weight is 361 g/mol. The first-order valence-corrected chi connectivity index (χ1v) is 6.79. The Hall–Kier alpha value is -1.76. The molecule has 6 nitrogen and oxygen atoms in total. The number of hydrogen-bond acceptors (Lipinski definition) is 4. The molecule has 2 rings (SSSR count). The van der Waals surface area contributed by atoms with Crippen LogP contribution in [0.5, 0.6) is 5.75 Å². The maximum Gasteiger partial charge on any atom is 0.225 e. The monoisotopic (exact) mass is 360 g/mol. The van der Waals surface area contributed by atoms with Crippen LogP contribution < -0.4 is 15.8 Å². The minimum atomic E-state index is -0.148. The van der Waals surface area contributed by atoms with E-state index in [-0.39, 0.29) is 36.8 Å². The number of rotatable bonds is 6. The first-order chi connectivity index (χ1) is 10.0. The summed E-state index contributed by atoms with van der Waals surface area (Å²) in [6.45, 7) is 2.20. The number of nitrogens with zero attached hydrogens (tertiary/aromatic N) is 2. The molecule has 1 aromatic heterocycles. The van der Waals surface area contributed by atoms with Gasteiger partial charge in [-0.05, 0) is 31.2 Å². The van der Waals surface area contributed by atoms with Crippen molar-refractivity contribution in [3.8, 4) is 5.75 Å². The van der Waals surface area contributed by atoms with Gasteiger partial charge in [0.2, 0.25) is 5.91 Å². The van der Waals surface area contributed by atoms with Gasteiger partial charge in [0.1, 0.15) is 18.2 Å². The van der Waals surface area contributed by atoms with E-state index in [4.69, 9.17) is 10.5 Å². The lowest BCUT2D eigenvalue weighted by atomic mass is 10.2. The van der Waals surface area contributed by atoms with Gasteiger partial charge in [-0.2, -0.15) is 0 Å². The topological polar surface area (TPSA) is 82.2 Å². The predicted molar refractivity (Wildman–Crippen MR) is 95.4 cm³/mol. The highest BCUT2D eigenvalue weighted by atomic mass is 35.5. The largest absolute Gasteiger partial charge is 0.486 e. The van der Waals surface area contributed by atoms with E-state index in [2.05, 4.69) is 10.3 Å². The highest BCUT2D eigenvalue weighted by Gasteiger charge is 2.06. The van der Waals surface area contributed by atoms with Crippen molar-refractivity contribution in [3.05, 3.63) is 42.5 Å². The summed E-state index contributed by atoms with van der Waals surface area (Å²) in [5, 5.41) is 2.79. The molecule has 0 saturated carbocycles. The van der Waals surface area contributed by atoms with Crippen LogP contribution in [-0.4, -0.2) is 21.5 Å². The maximum atomic E-state index is 11.6. The van der Waals surface area contributed by atoms with Gasteiger partial charge in [-0.3, -0.25) is 4.79 Å². The van der Waals surface area contributed by atoms with Crippen LogP contribution in [0.4, 0.5) is 5.69 Å². The van der Waals surface area contributed by atoms with E-state index in [0.717, 1.165) is 17.3 Å². The normalized spacial score (nSPS) is 10.9. The zero-order valence-electron chi connectivity index (χ0n) is 13.1. The van der Waals surface area contributed by atoms with E-state index in [1.54, 1.807) is 25.3 Å². The third-order valence-corrected chi connectivity index (χ3v) is 2.93. The smallest absolute Gasteiger partial charge is 0.225 e. The fourth-order valence-electron chi connectivity index (χ4n) is 1.82. The number of carbonyl (C=O) groups excluding carboxylic acids is 1. The second kappa shape index (κ2) is 10.1. The van der Waals surface area contributed by atoms with Crippen molar-refractivity contribution in [1.29, 1.82) is 0 Å². The van der Waals surface area contributed by atoms with E-state index < -0.39 is 0 Å². The van der Waals surface area contributed by atoms with Crippen LogP contribution in [0.15, 0.2) is 36.7 Å². The van der Waals surface area contributed by atoms with Gasteiger partial charge >= 0.3 is 0 Å². The van der Waals surface area contributed by atoms with Crippen LogP contribution in [0.2, 0.25) is 0 Å². The van der Waals surface area contributed by atoms with Gasteiger partial charge in [-0.1, -0.05) is 0 Å². The van der Waals surface area contributed by atoms with E-state index in [1.807, 2.05) is 29.9 Å². The fourth-order valence-corrected chi connectivity index (χ4v) is 1.82. The van der Waals surface area contributed by atoms with Gasteiger partial charge in [-0.15, -0.1) is 24.8 Å². The zero-order chi connectivity index (χ0) is 15.2. The maximum absolute atomic E-state index is 11.6. The lowest BCUT2D eigenvalue weighted by Crippen LogP contribution is -2.23. The molecule has 128 valence electrons. The summed E-state index contributed by atoms with van der Waals surface area (Å²) < 4.78 is 7.55. The standard InChI is InChI=1S/C15H20N4O2.2ClH/c1-11(16)9-15(20)18-12-3-5-13(6-4-12)21-10-14-17-7-8-19(14)2;;/h3-8,11H,9-10,16H2,1-2H3,(H,18,20);2*1H. The van der Waals surface area contributed by atoms with Crippen LogP contribution in [-0.2, 0) is 18.4 Å². The fraction of sp³-hybridized carbons (Fsp3) is 0.333. The summed E-state index contributed by atoms with van der Waals surface area (Å²) in [7, 11) is 1.92. The zero-order valence-corrected chi connectivity index (χ0v) is 14.7. The molecule has 0 fully saturated rings. The second-order valence-electron chi connectivity index (χ2n) is 5.00. The minimum absolute atomic E-state index is 0. The quantitative estimate of drug-likeness (QED) is 0.828. The number of aryl methyl sites for hydroxylation is 1. The Kier molecular flexibility index (Phi) is 9.32. The molecular formula is C15H22Cl2N4O2. The number of amides is 1. The number of nitrogens with two attached hydrogens (primary N) is 1.